The van der Waals surface area contributed by atoms with Gasteiger partial charge in [-0.1, -0.05) is 6.92 Å². The van der Waals surface area contributed by atoms with E-state index in [4.69, 9.17) is 17.3 Å². The number of carbonyl (C=O) groups excluding carboxylic acids is 1. The van der Waals surface area contributed by atoms with Gasteiger partial charge in [-0.15, -0.1) is 11.6 Å². The highest BCUT2D eigenvalue weighted by Gasteiger charge is 2.02. The molecule has 0 spiro atoms. The molecule has 0 fully saturated rings. The van der Waals surface area contributed by atoms with Crippen LogP contribution in [-0.4, -0.2) is 11.3 Å². The Bertz CT molecular complexity index is 95.1. The summed E-state index contributed by atoms with van der Waals surface area (Å²) in [5.74, 6) is -0.269. The molecule has 0 aromatic rings. The van der Waals surface area contributed by atoms with E-state index in [1.807, 2.05) is 6.92 Å². The molecule has 0 rings (SSSR count). The molecule has 0 saturated carbocycles. The molecule has 0 saturated heterocycles. The monoisotopic (exact) mass is 149 g/mol. The zero-order chi connectivity index (χ0) is 7.28. The number of nitrogens with two attached hydrogens (primary N) is 1. The van der Waals surface area contributed by atoms with Crippen LogP contribution in [0.15, 0.2) is 0 Å². The molecule has 54 valence electrons. The molecule has 0 aromatic carbocycles. The van der Waals surface area contributed by atoms with Crippen LogP contribution in [0.2, 0.25) is 0 Å². The van der Waals surface area contributed by atoms with E-state index in [0.717, 1.165) is 6.42 Å². The van der Waals surface area contributed by atoms with Crippen LogP contribution in [0, 0.1) is 0 Å². The maximum absolute atomic E-state index is 10.2. The molecule has 0 aromatic heterocycles. The maximum atomic E-state index is 10.2. The van der Waals surface area contributed by atoms with Crippen molar-refractivity contribution >= 4 is 17.5 Å². The molecule has 0 bridgehead atoms. The van der Waals surface area contributed by atoms with Crippen LogP contribution in [0.1, 0.15) is 26.2 Å². The number of amides is 1. The fraction of sp³-hybridized carbons (Fsp3) is 0.833. The first kappa shape index (κ1) is 8.76. The molecule has 1 amide bonds. The Kier molecular flexibility index (Phi) is 4.50. The lowest BCUT2D eigenvalue weighted by Gasteiger charge is -2.01. The maximum Gasteiger partial charge on any atom is 0.217 e. The molecule has 0 radical (unpaired) electrons. The fourth-order valence-electron chi connectivity index (χ4n) is 0.503. The molecule has 1 atom stereocenters. The zero-order valence-corrected chi connectivity index (χ0v) is 6.32. The Hall–Kier alpha value is -0.240. The normalized spacial score (nSPS) is 13.1. The van der Waals surface area contributed by atoms with Gasteiger partial charge in [-0.3, -0.25) is 4.79 Å². The first-order chi connectivity index (χ1) is 4.16. The number of rotatable bonds is 4. The lowest BCUT2D eigenvalue weighted by Crippen LogP contribution is -2.12. The van der Waals surface area contributed by atoms with E-state index in [1.165, 1.54) is 0 Å². The summed E-state index contributed by atoms with van der Waals surface area (Å²) >= 11 is 5.70. The third-order valence-electron chi connectivity index (χ3n) is 1.15. The van der Waals surface area contributed by atoms with Crippen molar-refractivity contribution in [1.82, 2.24) is 0 Å². The summed E-state index contributed by atoms with van der Waals surface area (Å²) in [6.07, 6.45) is 2.00. The van der Waals surface area contributed by atoms with E-state index >= 15 is 0 Å². The van der Waals surface area contributed by atoms with Crippen LogP contribution < -0.4 is 5.73 Å². The molecule has 9 heavy (non-hydrogen) atoms. The van der Waals surface area contributed by atoms with Gasteiger partial charge in [-0.2, -0.15) is 0 Å². The average molecular weight is 150 g/mol. The topological polar surface area (TPSA) is 43.1 Å². The smallest absolute Gasteiger partial charge is 0.217 e. The lowest BCUT2D eigenvalue weighted by molar-refractivity contribution is -0.118. The van der Waals surface area contributed by atoms with Gasteiger partial charge in [0.25, 0.3) is 0 Å². The SMILES string of the molecule is CCC(Cl)CCC(N)=O. The third kappa shape index (κ3) is 5.63. The highest BCUT2D eigenvalue weighted by atomic mass is 35.5. The number of hydrogen-bond donors (Lipinski definition) is 1. The predicted octanol–water partition coefficient (Wildman–Crippen LogP) is 1.27. The van der Waals surface area contributed by atoms with E-state index in [2.05, 4.69) is 0 Å². The van der Waals surface area contributed by atoms with E-state index < -0.39 is 0 Å². The molecule has 2 nitrogen and oxygen atoms in total. The summed E-state index contributed by atoms with van der Waals surface area (Å²) in [4.78, 5) is 10.2. The van der Waals surface area contributed by atoms with Crippen LogP contribution in [0.4, 0.5) is 0 Å². The molecule has 0 heterocycles. The van der Waals surface area contributed by atoms with Gasteiger partial charge in [0.1, 0.15) is 0 Å². The van der Waals surface area contributed by atoms with Crippen LogP contribution in [0.3, 0.4) is 0 Å². The quantitative estimate of drug-likeness (QED) is 0.601. The molecule has 0 aliphatic carbocycles. The summed E-state index contributed by atoms with van der Waals surface area (Å²) in [6.45, 7) is 1.98. The van der Waals surface area contributed by atoms with Gasteiger partial charge >= 0.3 is 0 Å². The highest BCUT2D eigenvalue weighted by Crippen LogP contribution is 2.07. The predicted molar refractivity (Wildman–Crippen MR) is 38.4 cm³/mol. The highest BCUT2D eigenvalue weighted by molar-refractivity contribution is 6.20. The number of hydrogen-bond acceptors (Lipinski definition) is 1. The fourth-order valence-corrected chi connectivity index (χ4v) is 0.612. The third-order valence-corrected chi connectivity index (χ3v) is 1.67. The van der Waals surface area contributed by atoms with Crippen molar-refractivity contribution in [3.63, 3.8) is 0 Å². The summed E-state index contributed by atoms with van der Waals surface area (Å²) < 4.78 is 0. The summed E-state index contributed by atoms with van der Waals surface area (Å²) in [6, 6.07) is 0. The molecular weight excluding hydrogens is 138 g/mol. The van der Waals surface area contributed by atoms with Crippen molar-refractivity contribution < 1.29 is 4.79 Å². The Balaban J connectivity index is 3.16. The Morgan fingerprint density at radius 2 is 2.33 bits per heavy atom. The van der Waals surface area contributed by atoms with Crippen LogP contribution in [-0.2, 0) is 4.79 Å². The molecule has 0 aliphatic heterocycles. The van der Waals surface area contributed by atoms with Crippen molar-refractivity contribution in [2.45, 2.75) is 31.6 Å². The van der Waals surface area contributed by atoms with Gasteiger partial charge in [-0.25, -0.2) is 0 Å². The first-order valence-corrected chi connectivity index (χ1v) is 3.52. The molecule has 1 unspecified atom stereocenters. The molecule has 0 aliphatic rings. The van der Waals surface area contributed by atoms with Crippen molar-refractivity contribution in [3.05, 3.63) is 0 Å². The first-order valence-electron chi connectivity index (χ1n) is 3.09. The van der Waals surface area contributed by atoms with Gasteiger partial charge in [0.2, 0.25) is 5.91 Å². The van der Waals surface area contributed by atoms with E-state index in [0.29, 0.717) is 12.8 Å². The molecular formula is C6H12ClNO. The second-order valence-electron chi connectivity index (χ2n) is 2.01. The van der Waals surface area contributed by atoms with Gasteiger partial charge in [0.15, 0.2) is 0 Å². The van der Waals surface area contributed by atoms with E-state index in [1.54, 1.807) is 0 Å². The van der Waals surface area contributed by atoms with Crippen molar-refractivity contribution in [2.75, 3.05) is 0 Å². The largest absolute Gasteiger partial charge is 0.370 e. The van der Waals surface area contributed by atoms with E-state index in [-0.39, 0.29) is 11.3 Å². The van der Waals surface area contributed by atoms with Crippen LogP contribution in [0.25, 0.3) is 0 Å². The van der Waals surface area contributed by atoms with Gasteiger partial charge in [-0.05, 0) is 12.8 Å². The number of alkyl halides is 1. The van der Waals surface area contributed by atoms with Crippen LogP contribution >= 0.6 is 11.6 Å². The summed E-state index contributed by atoms with van der Waals surface area (Å²) in [7, 11) is 0. The van der Waals surface area contributed by atoms with Gasteiger partial charge < -0.3 is 5.73 Å². The second-order valence-corrected chi connectivity index (χ2v) is 2.63. The Morgan fingerprint density at radius 1 is 1.78 bits per heavy atom. The summed E-state index contributed by atoms with van der Waals surface area (Å²) in [5, 5.41) is 0.109. The zero-order valence-electron chi connectivity index (χ0n) is 5.56. The summed E-state index contributed by atoms with van der Waals surface area (Å²) in [5.41, 5.74) is 4.90. The number of carbonyl (C=O) groups is 1. The molecule has 3 heteroatoms. The minimum atomic E-state index is -0.269. The number of primary amides is 1. The number of halogens is 1. The average Bonchev–Trinajstić information content (AvgIpc) is 1.83. The molecule has 2 N–H and O–H groups in total. The van der Waals surface area contributed by atoms with Crippen molar-refractivity contribution in [1.29, 1.82) is 0 Å². The van der Waals surface area contributed by atoms with Gasteiger partial charge in [0.05, 0.1) is 0 Å². The van der Waals surface area contributed by atoms with Gasteiger partial charge in [0, 0.05) is 11.8 Å². The minimum absolute atomic E-state index is 0.109. The standard InChI is InChI=1S/C6H12ClNO/c1-2-5(7)3-4-6(8)9/h5H,2-4H2,1H3,(H2,8,9). The van der Waals surface area contributed by atoms with E-state index in [9.17, 15) is 4.79 Å². The second kappa shape index (κ2) is 4.62. The van der Waals surface area contributed by atoms with Crippen molar-refractivity contribution in [3.8, 4) is 0 Å². The minimum Gasteiger partial charge on any atom is -0.370 e. The Morgan fingerprint density at radius 3 is 2.67 bits per heavy atom. The lowest BCUT2D eigenvalue weighted by atomic mass is 10.2. The van der Waals surface area contributed by atoms with Crippen LogP contribution in [0.5, 0.6) is 0 Å². The van der Waals surface area contributed by atoms with Crippen molar-refractivity contribution in [2.24, 2.45) is 5.73 Å². The Labute approximate surface area is 60.4 Å².